The summed E-state index contributed by atoms with van der Waals surface area (Å²) in [5.74, 6) is 2.85. The van der Waals surface area contributed by atoms with E-state index in [1.165, 1.54) is 32.1 Å². The Labute approximate surface area is 150 Å². The Morgan fingerprint density at radius 3 is 2.84 bits per heavy atom. The fourth-order valence-electron chi connectivity index (χ4n) is 4.52. The minimum absolute atomic E-state index is 0.160. The summed E-state index contributed by atoms with van der Waals surface area (Å²) in [5, 5.41) is 9.14. The molecule has 25 heavy (non-hydrogen) atoms. The van der Waals surface area contributed by atoms with Crippen LogP contribution >= 0.6 is 0 Å². The summed E-state index contributed by atoms with van der Waals surface area (Å²) in [6.45, 7) is 8.62. The second-order valence-corrected chi connectivity index (χ2v) is 7.78. The number of nitrogens with zero attached hydrogens (tertiary/aromatic N) is 4. The van der Waals surface area contributed by atoms with E-state index >= 15 is 0 Å². The molecule has 3 heterocycles. The van der Waals surface area contributed by atoms with E-state index in [0.717, 1.165) is 63.4 Å². The number of anilines is 1. The lowest BCUT2D eigenvalue weighted by Crippen LogP contribution is -2.53. The first-order valence-corrected chi connectivity index (χ1v) is 9.79. The Morgan fingerprint density at radius 2 is 2.08 bits per heavy atom. The van der Waals surface area contributed by atoms with Crippen molar-refractivity contribution < 1.29 is 9.47 Å². The molecular weight excluding hydrogens is 316 g/mol. The van der Waals surface area contributed by atoms with Gasteiger partial charge in [0.25, 0.3) is 0 Å². The molecular formula is C19H30N4O2. The fourth-order valence-corrected chi connectivity index (χ4v) is 4.52. The summed E-state index contributed by atoms with van der Waals surface area (Å²) in [7, 11) is 0. The third kappa shape index (κ3) is 3.60. The quantitative estimate of drug-likeness (QED) is 0.767. The van der Waals surface area contributed by atoms with E-state index in [0.29, 0.717) is 6.61 Å². The first-order valence-electron chi connectivity index (χ1n) is 9.79. The van der Waals surface area contributed by atoms with Crippen LogP contribution in [0.5, 0.6) is 0 Å². The Morgan fingerprint density at radius 1 is 1.20 bits per heavy atom. The molecule has 138 valence electrons. The Bertz CT molecular complexity index is 588. The van der Waals surface area contributed by atoms with Crippen LogP contribution in [0, 0.1) is 5.92 Å². The maximum absolute atomic E-state index is 6.06. The van der Waals surface area contributed by atoms with Gasteiger partial charge in [-0.2, -0.15) is 0 Å². The zero-order chi connectivity index (χ0) is 17.1. The van der Waals surface area contributed by atoms with Gasteiger partial charge in [-0.3, -0.25) is 4.57 Å². The SMILES string of the molecule is C=CCn1c(CC2CCCCC2)nnc1N1CCO[C@]2(CCOC2)C1. The molecule has 3 fully saturated rings. The van der Waals surface area contributed by atoms with Crippen LogP contribution in [0.2, 0.25) is 0 Å². The van der Waals surface area contributed by atoms with Crippen LogP contribution in [0.4, 0.5) is 5.95 Å². The second-order valence-electron chi connectivity index (χ2n) is 7.78. The normalized spacial score (nSPS) is 27.9. The maximum Gasteiger partial charge on any atom is 0.227 e. The van der Waals surface area contributed by atoms with Crippen LogP contribution in [0.3, 0.4) is 0 Å². The lowest BCUT2D eigenvalue weighted by atomic mass is 9.87. The first kappa shape index (κ1) is 17.0. The van der Waals surface area contributed by atoms with Crippen molar-refractivity contribution in [1.82, 2.24) is 14.8 Å². The average Bonchev–Trinajstić information content (AvgIpc) is 3.24. The lowest BCUT2D eigenvalue weighted by Gasteiger charge is -2.39. The van der Waals surface area contributed by atoms with Crippen molar-refractivity contribution in [2.24, 2.45) is 5.92 Å². The lowest BCUT2D eigenvalue weighted by molar-refractivity contribution is -0.0584. The van der Waals surface area contributed by atoms with Crippen molar-refractivity contribution in [3.8, 4) is 0 Å². The maximum atomic E-state index is 6.06. The van der Waals surface area contributed by atoms with Crippen LogP contribution in [-0.2, 0) is 22.4 Å². The highest BCUT2D eigenvalue weighted by Crippen LogP contribution is 2.31. The number of ether oxygens (including phenoxy) is 2. The van der Waals surface area contributed by atoms with Gasteiger partial charge in [0.2, 0.25) is 5.95 Å². The topological polar surface area (TPSA) is 52.4 Å². The van der Waals surface area contributed by atoms with Gasteiger partial charge < -0.3 is 14.4 Å². The molecule has 4 rings (SSSR count). The summed E-state index contributed by atoms with van der Waals surface area (Å²) in [4.78, 5) is 2.33. The molecule has 1 spiro atoms. The summed E-state index contributed by atoms with van der Waals surface area (Å²) >= 11 is 0. The zero-order valence-electron chi connectivity index (χ0n) is 15.2. The average molecular weight is 346 g/mol. The standard InChI is InChI=1S/C19H30N4O2/c1-2-9-23-17(13-16-6-4-3-5-7-16)20-21-18(23)22-10-12-25-19(14-22)8-11-24-15-19/h2,16H,1,3-15H2/t19-/m1/s1. The van der Waals surface area contributed by atoms with E-state index in [-0.39, 0.29) is 5.60 Å². The molecule has 6 nitrogen and oxygen atoms in total. The van der Waals surface area contributed by atoms with Crippen molar-refractivity contribution >= 4 is 5.95 Å². The minimum atomic E-state index is -0.160. The summed E-state index contributed by atoms with van der Waals surface area (Å²) in [6.07, 6.45) is 10.7. The molecule has 1 aromatic rings. The smallest absolute Gasteiger partial charge is 0.227 e. The molecule has 0 radical (unpaired) electrons. The summed E-state index contributed by atoms with van der Waals surface area (Å²) in [6, 6.07) is 0. The molecule has 1 aromatic heterocycles. The molecule has 0 N–H and O–H groups in total. The molecule has 2 saturated heterocycles. The molecule has 2 aliphatic heterocycles. The van der Waals surface area contributed by atoms with Gasteiger partial charge in [-0.15, -0.1) is 16.8 Å². The highest BCUT2D eigenvalue weighted by Gasteiger charge is 2.41. The van der Waals surface area contributed by atoms with E-state index < -0.39 is 0 Å². The van der Waals surface area contributed by atoms with Crippen molar-refractivity contribution in [1.29, 1.82) is 0 Å². The van der Waals surface area contributed by atoms with Crippen molar-refractivity contribution in [2.75, 3.05) is 37.8 Å². The Balaban J connectivity index is 1.53. The van der Waals surface area contributed by atoms with E-state index in [4.69, 9.17) is 9.47 Å². The molecule has 0 aromatic carbocycles. The van der Waals surface area contributed by atoms with Crippen LogP contribution in [-0.4, -0.2) is 53.3 Å². The number of hydrogen-bond acceptors (Lipinski definition) is 5. The van der Waals surface area contributed by atoms with Crippen LogP contribution in [0.1, 0.15) is 44.3 Å². The van der Waals surface area contributed by atoms with Crippen LogP contribution in [0.25, 0.3) is 0 Å². The van der Waals surface area contributed by atoms with Gasteiger partial charge in [-0.05, 0) is 5.92 Å². The van der Waals surface area contributed by atoms with Crippen molar-refractivity contribution in [3.05, 3.63) is 18.5 Å². The van der Waals surface area contributed by atoms with Crippen molar-refractivity contribution in [2.45, 2.75) is 57.1 Å². The molecule has 0 unspecified atom stereocenters. The van der Waals surface area contributed by atoms with E-state index in [2.05, 4.69) is 26.2 Å². The van der Waals surface area contributed by atoms with Gasteiger partial charge in [0.05, 0.1) is 19.8 Å². The molecule has 3 aliphatic rings. The third-order valence-electron chi connectivity index (χ3n) is 5.91. The molecule has 0 amide bonds. The van der Waals surface area contributed by atoms with Gasteiger partial charge in [0, 0.05) is 32.5 Å². The summed E-state index contributed by atoms with van der Waals surface area (Å²) in [5.41, 5.74) is -0.160. The number of hydrogen-bond donors (Lipinski definition) is 0. The number of rotatable bonds is 5. The zero-order valence-corrected chi connectivity index (χ0v) is 15.2. The minimum Gasteiger partial charge on any atom is -0.378 e. The number of aromatic nitrogens is 3. The van der Waals surface area contributed by atoms with Gasteiger partial charge >= 0.3 is 0 Å². The monoisotopic (exact) mass is 346 g/mol. The van der Waals surface area contributed by atoms with Crippen LogP contribution in [0.15, 0.2) is 12.7 Å². The highest BCUT2D eigenvalue weighted by atomic mass is 16.6. The molecule has 0 bridgehead atoms. The van der Waals surface area contributed by atoms with Crippen LogP contribution < -0.4 is 4.90 Å². The molecule has 1 saturated carbocycles. The first-order chi connectivity index (χ1) is 12.3. The largest absolute Gasteiger partial charge is 0.378 e. The molecule has 1 aliphatic carbocycles. The second kappa shape index (κ2) is 7.46. The Kier molecular flexibility index (Phi) is 5.08. The molecule has 1 atom stereocenters. The third-order valence-corrected chi connectivity index (χ3v) is 5.91. The van der Waals surface area contributed by atoms with Crippen molar-refractivity contribution in [3.63, 3.8) is 0 Å². The van der Waals surface area contributed by atoms with Gasteiger partial charge in [-0.25, -0.2) is 0 Å². The fraction of sp³-hybridized carbons (Fsp3) is 0.789. The van der Waals surface area contributed by atoms with E-state index in [1.54, 1.807) is 0 Å². The van der Waals surface area contributed by atoms with E-state index in [1.807, 2.05) is 6.08 Å². The number of morpholine rings is 1. The van der Waals surface area contributed by atoms with E-state index in [9.17, 15) is 0 Å². The molecule has 6 heteroatoms. The summed E-state index contributed by atoms with van der Waals surface area (Å²) < 4.78 is 13.9. The van der Waals surface area contributed by atoms with Gasteiger partial charge in [-0.1, -0.05) is 38.2 Å². The number of allylic oxidation sites excluding steroid dienone is 1. The Hall–Kier alpha value is -1.40. The van der Waals surface area contributed by atoms with Gasteiger partial charge in [0.1, 0.15) is 11.4 Å². The predicted octanol–water partition coefficient (Wildman–Crippen LogP) is 2.58. The predicted molar refractivity (Wildman–Crippen MR) is 96.8 cm³/mol. The highest BCUT2D eigenvalue weighted by molar-refractivity contribution is 5.34. The van der Waals surface area contributed by atoms with Gasteiger partial charge in [0.15, 0.2) is 0 Å².